The molecule has 3 heterocycles. The van der Waals surface area contributed by atoms with Gasteiger partial charge < -0.3 is 15.1 Å². The average molecular weight is 333 g/mol. The lowest BCUT2D eigenvalue weighted by molar-refractivity contribution is -0.143. The number of amides is 3. The molecular weight excluding hydrogens is 310 g/mol. The predicted molar refractivity (Wildman–Crippen MR) is 85.9 cm³/mol. The largest absolute Gasteiger partial charge is 0.359 e. The number of aromatic nitrogens is 2. The average Bonchev–Trinajstić information content (AvgIpc) is 3.12. The molecule has 0 bridgehead atoms. The highest BCUT2D eigenvalue weighted by atomic mass is 16.2. The van der Waals surface area contributed by atoms with E-state index in [1.807, 2.05) is 13.1 Å². The lowest BCUT2D eigenvalue weighted by atomic mass is 10.1. The molecule has 1 aromatic rings. The Bertz CT molecular complexity index is 650. The van der Waals surface area contributed by atoms with Gasteiger partial charge in [-0.3, -0.25) is 19.1 Å². The molecule has 8 nitrogen and oxygen atoms in total. The molecule has 1 unspecified atom stereocenters. The van der Waals surface area contributed by atoms with E-state index in [1.54, 1.807) is 27.7 Å². The molecule has 0 aromatic carbocycles. The number of hydrogen-bond acceptors (Lipinski definition) is 4. The molecule has 3 rings (SSSR count). The van der Waals surface area contributed by atoms with Crippen molar-refractivity contribution in [1.29, 1.82) is 0 Å². The van der Waals surface area contributed by atoms with Gasteiger partial charge in [-0.2, -0.15) is 5.10 Å². The zero-order valence-electron chi connectivity index (χ0n) is 14.1. The third-order valence-corrected chi connectivity index (χ3v) is 4.80. The second kappa shape index (κ2) is 6.62. The second-order valence-corrected chi connectivity index (χ2v) is 6.39. The summed E-state index contributed by atoms with van der Waals surface area (Å²) >= 11 is 0. The summed E-state index contributed by atoms with van der Waals surface area (Å²) in [6, 6.07) is 0.0365. The van der Waals surface area contributed by atoms with Crippen molar-refractivity contribution in [2.24, 2.45) is 5.92 Å². The first-order chi connectivity index (χ1) is 11.5. The van der Waals surface area contributed by atoms with Crippen molar-refractivity contribution in [3.63, 3.8) is 0 Å². The van der Waals surface area contributed by atoms with Gasteiger partial charge in [0.25, 0.3) is 0 Å². The Morgan fingerprint density at radius 3 is 2.71 bits per heavy atom. The van der Waals surface area contributed by atoms with Crippen LogP contribution in [0.1, 0.15) is 18.9 Å². The lowest BCUT2D eigenvalue weighted by Crippen LogP contribution is -2.61. The maximum Gasteiger partial charge on any atom is 0.227 e. The van der Waals surface area contributed by atoms with Crippen LogP contribution in [-0.4, -0.2) is 70.0 Å². The molecule has 2 aliphatic heterocycles. The Labute approximate surface area is 140 Å². The summed E-state index contributed by atoms with van der Waals surface area (Å²) in [5.41, 5.74) is 0.905. The Hall–Kier alpha value is -2.38. The lowest BCUT2D eigenvalue weighted by Gasteiger charge is -2.44. The molecular formula is C16H23N5O3. The van der Waals surface area contributed by atoms with Gasteiger partial charge in [0.15, 0.2) is 0 Å². The number of hydrogen-bond donors (Lipinski definition) is 1. The highest BCUT2D eigenvalue weighted by molar-refractivity contribution is 5.89. The second-order valence-electron chi connectivity index (χ2n) is 6.39. The molecule has 8 heteroatoms. The van der Waals surface area contributed by atoms with E-state index in [4.69, 9.17) is 0 Å². The van der Waals surface area contributed by atoms with E-state index >= 15 is 0 Å². The number of aryl methyl sites for hydroxylation is 1. The van der Waals surface area contributed by atoms with Crippen LogP contribution in [0.5, 0.6) is 0 Å². The zero-order valence-corrected chi connectivity index (χ0v) is 14.1. The van der Waals surface area contributed by atoms with E-state index in [-0.39, 0.29) is 36.1 Å². The van der Waals surface area contributed by atoms with Gasteiger partial charge in [0, 0.05) is 45.8 Å². The zero-order chi connectivity index (χ0) is 17.3. The number of likely N-dealkylation sites (tertiary alicyclic amines) is 2. The van der Waals surface area contributed by atoms with Gasteiger partial charge in [-0.05, 0) is 12.5 Å². The van der Waals surface area contributed by atoms with E-state index < -0.39 is 0 Å². The van der Waals surface area contributed by atoms with Gasteiger partial charge in [0.2, 0.25) is 17.7 Å². The summed E-state index contributed by atoms with van der Waals surface area (Å²) in [6.07, 6.45) is 4.20. The first kappa shape index (κ1) is 16.5. The van der Waals surface area contributed by atoms with Crippen LogP contribution >= 0.6 is 0 Å². The highest BCUT2D eigenvalue weighted by Gasteiger charge is 2.43. The van der Waals surface area contributed by atoms with Crippen molar-refractivity contribution in [2.75, 3.05) is 26.7 Å². The number of carbonyl (C=O) groups excluding carboxylic acids is 3. The Balaban J connectivity index is 1.49. The molecule has 2 saturated heterocycles. The highest BCUT2D eigenvalue weighted by Crippen LogP contribution is 2.25. The minimum atomic E-state index is -0.271. The molecule has 0 spiro atoms. The fraction of sp³-hybridized carbons (Fsp3) is 0.625. The molecule has 1 N–H and O–H groups in total. The minimum absolute atomic E-state index is 0.00456. The van der Waals surface area contributed by atoms with E-state index in [0.717, 1.165) is 12.1 Å². The monoisotopic (exact) mass is 333 g/mol. The Morgan fingerprint density at radius 1 is 1.33 bits per heavy atom. The SMILES string of the molecule is CCn1cc(CC(=O)N2CC(N3CC(C(=O)NC)CC3=O)C2)cn1. The van der Waals surface area contributed by atoms with Gasteiger partial charge >= 0.3 is 0 Å². The van der Waals surface area contributed by atoms with Crippen LogP contribution < -0.4 is 5.32 Å². The first-order valence-electron chi connectivity index (χ1n) is 8.32. The standard InChI is InChI=1S/C16H23N5O3/c1-3-20-7-11(6-18-20)4-14(22)19-9-13(10-19)21-8-12(5-15(21)23)16(24)17-2/h6-7,12-13H,3-5,8-10H2,1-2H3,(H,17,24). The van der Waals surface area contributed by atoms with Crippen molar-refractivity contribution >= 4 is 17.7 Å². The smallest absolute Gasteiger partial charge is 0.227 e. The maximum atomic E-state index is 12.3. The van der Waals surface area contributed by atoms with Crippen molar-refractivity contribution in [1.82, 2.24) is 24.9 Å². The third-order valence-electron chi connectivity index (χ3n) is 4.80. The van der Waals surface area contributed by atoms with Gasteiger partial charge in [-0.1, -0.05) is 0 Å². The van der Waals surface area contributed by atoms with E-state index in [9.17, 15) is 14.4 Å². The number of rotatable bonds is 5. The maximum absolute atomic E-state index is 12.3. The molecule has 24 heavy (non-hydrogen) atoms. The number of nitrogens with zero attached hydrogens (tertiary/aromatic N) is 4. The van der Waals surface area contributed by atoms with Crippen LogP contribution in [0.15, 0.2) is 12.4 Å². The summed E-state index contributed by atoms with van der Waals surface area (Å²) < 4.78 is 1.79. The Morgan fingerprint density at radius 2 is 2.08 bits per heavy atom. The van der Waals surface area contributed by atoms with E-state index in [1.165, 1.54) is 0 Å². The summed E-state index contributed by atoms with van der Waals surface area (Å²) in [5.74, 6) is -0.306. The fourth-order valence-electron chi connectivity index (χ4n) is 3.28. The van der Waals surface area contributed by atoms with Crippen molar-refractivity contribution in [2.45, 2.75) is 32.4 Å². The molecule has 0 aliphatic carbocycles. The first-order valence-corrected chi connectivity index (χ1v) is 8.32. The van der Waals surface area contributed by atoms with Crippen molar-refractivity contribution in [3.8, 4) is 0 Å². The van der Waals surface area contributed by atoms with Crippen LogP contribution in [0.4, 0.5) is 0 Å². The number of carbonyl (C=O) groups is 3. The minimum Gasteiger partial charge on any atom is -0.359 e. The van der Waals surface area contributed by atoms with Gasteiger partial charge in [0.1, 0.15) is 0 Å². The van der Waals surface area contributed by atoms with Crippen LogP contribution in [0.3, 0.4) is 0 Å². The predicted octanol–water partition coefficient (Wildman–Crippen LogP) is -0.749. The molecule has 130 valence electrons. The van der Waals surface area contributed by atoms with Crippen LogP contribution in [0.2, 0.25) is 0 Å². The van der Waals surface area contributed by atoms with Crippen molar-refractivity contribution < 1.29 is 14.4 Å². The van der Waals surface area contributed by atoms with E-state index in [2.05, 4.69) is 10.4 Å². The number of nitrogens with one attached hydrogen (secondary N) is 1. The normalized spacial score (nSPS) is 21.1. The summed E-state index contributed by atoms with van der Waals surface area (Å²) in [6.45, 7) is 4.33. The topological polar surface area (TPSA) is 87.5 Å². The molecule has 0 saturated carbocycles. The van der Waals surface area contributed by atoms with Gasteiger partial charge in [-0.15, -0.1) is 0 Å². The van der Waals surface area contributed by atoms with Gasteiger partial charge in [0.05, 0.1) is 24.6 Å². The molecule has 0 radical (unpaired) electrons. The summed E-state index contributed by atoms with van der Waals surface area (Å²) in [4.78, 5) is 39.5. The summed E-state index contributed by atoms with van der Waals surface area (Å²) in [5, 5.41) is 6.76. The molecule has 3 amide bonds. The van der Waals surface area contributed by atoms with Crippen molar-refractivity contribution in [3.05, 3.63) is 18.0 Å². The van der Waals surface area contributed by atoms with Gasteiger partial charge in [-0.25, -0.2) is 0 Å². The Kier molecular flexibility index (Phi) is 4.55. The van der Waals surface area contributed by atoms with Crippen LogP contribution in [-0.2, 0) is 27.3 Å². The third kappa shape index (κ3) is 3.13. The van der Waals surface area contributed by atoms with Crippen LogP contribution in [0, 0.1) is 5.92 Å². The molecule has 2 aliphatic rings. The molecule has 1 aromatic heterocycles. The molecule has 2 fully saturated rings. The van der Waals surface area contributed by atoms with Crippen LogP contribution in [0.25, 0.3) is 0 Å². The molecule has 1 atom stereocenters. The van der Waals surface area contributed by atoms with E-state index in [0.29, 0.717) is 26.1 Å². The summed E-state index contributed by atoms with van der Waals surface area (Å²) in [7, 11) is 1.58. The quantitative estimate of drug-likeness (QED) is 0.768. The fourth-order valence-corrected chi connectivity index (χ4v) is 3.28.